The summed E-state index contributed by atoms with van der Waals surface area (Å²) in [4.78, 5) is 30.6. The lowest BCUT2D eigenvalue weighted by atomic mass is 10.0. The van der Waals surface area contributed by atoms with E-state index in [1.165, 1.54) is 22.1 Å². The van der Waals surface area contributed by atoms with Crippen molar-refractivity contribution in [2.75, 3.05) is 5.32 Å². The summed E-state index contributed by atoms with van der Waals surface area (Å²) in [6.45, 7) is 5.60. The summed E-state index contributed by atoms with van der Waals surface area (Å²) in [5, 5.41) is 7.01. The van der Waals surface area contributed by atoms with E-state index < -0.39 is 17.4 Å². The highest BCUT2D eigenvalue weighted by Crippen LogP contribution is 2.27. The highest BCUT2D eigenvalue weighted by molar-refractivity contribution is 5.91. The van der Waals surface area contributed by atoms with Crippen LogP contribution in [0, 0.1) is 12.7 Å². The average molecular weight is 486 g/mol. The van der Waals surface area contributed by atoms with Crippen molar-refractivity contribution in [2.45, 2.75) is 33.2 Å². The zero-order valence-corrected chi connectivity index (χ0v) is 20.0. The van der Waals surface area contributed by atoms with Crippen molar-refractivity contribution in [3.63, 3.8) is 0 Å². The van der Waals surface area contributed by atoms with Gasteiger partial charge in [-0.15, -0.1) is 5.10 Å². The molecule has 0 spiro atoms. The average Bonchev–Trinajstić information content (AvgIpc) is 3.18. The minimum absolute atomic E-state index is 0.142. The van der Waals surface area contributed by atoms with Crippen LogP contribution in [-0.2, 0) is 11.3 Å². The first-order valence-electron chi connectivity index (χ1n) is 11.5. The number of para-hydroxylation sites is 2. The van der Waals surface area contributed by atoms with Crippen LogP contribution in [0.25, 0.3) is 16.7 Å². The Morgan fingerprint density at radius 1 is 1.08 bits per heavy atom. The number of amides is 1. The Kier molecular flexibility index (Phi) is 5.97. The Hall–Kier alpha value is -4.53. The number of rotatable bonds is 6. The molecule has 0 radical (unpaired) electrons. The summed E-state index contributed by atoms with van der Waals surface area (Å²) in [5.41, 5.74) is 2.93. The summed E-state index contributed by atoms with van der Waals surface area (Å²) in [5.74, 6) is 0.0783. The molecule has 36 heavy (non-hydrogen) atoms. The van der Waals surface area contributed by atoms with Gasteiger partial charge >= 0.3 is 5.69 Å². The Bertz CT molecular complexity index is 1650. The number of hydrogen-bond donors (Lipinski definition) is 1. The van der Waals surface area contributed by atoms with Crippen LogP contribution in [0.5, 0.6) is 11.6 Å². The third kappa shape index (κ3) is 4.43. The fourth-order valence-electron chi connectivity index (χ4n) is 3.93. The molecule has 0 unspecified atom stereocenters. The molecule has 182 valence electrons. The van der Waals surface area contributed by atoms with Crippen LogP contribution in [-0.4, -0.2) is 25.1 Å². The highest BCUT2D eigenvalue weighted by atomic mass is 19.1. The lowest BCUT2D eigenvalue weighted by Gasteiger charge is -2.09. The zero-order chi connectivity index (χ0) is 25.4. The standard InChI is InChI=1S/C27H24FN5O3/c1-16(2)18-9-12-20(13-10-18)36-26-25-31-32(15-24(34)29-22-14-19(28)11-8-17(22)3)27(35)33(25)23-7-5-4-6-21(23)30-26/h4-14,16H,15H2,1-3H3,(H,29,34). The van der Waals surface area contributed by atoms with E-state index in [0.29, 0.717) is 34.0 Å². The number of hydrogen-bond acceptors (Lipinski definition) is 5. The van der Waals surface area contributed by atoms with Crippen molar-refractivity contribution < 1.29 is 13.9 Å². The second-order valence-corrected chi connectivity index (χ2v) is 8.84. The number of nitrogens with zero attached hydrogens (tertiary/aromatic N) is 4. The number of anilines is 1. The van der Waals surface area contributed by atoms with E-state index in [4.69, 9.17) is 4.74 Å². The van der Waals surface area contributed by atoms with Gasteiger partial charge in [0.05, 0.1) is 11.0 Å². The minimum Gasteiger partial charge on any atom is -0.436 e. The first-order valence-corrected chi connectivity index (χ1v) is 11.5. The molecule has 5 rings (SSSR count). The Morgan fingerprint density at radius 2 is 1.83 bits per heavy atom. The first-order chi connectivity index (χ1) is 17.3. The van der Waals surface area contributed by atoms with Crippen molar-refractivity contribution in [1.29, 1.82) is 0 Å². The van der Waals surface area contributed by atoms with Crippen LogP contribution in [0.4, 0.5) is 10.1 Å². The molecule has 0 bridgehead atoms. The number of ether oxygens (including phenoxy) is 1. The van der Waals surface area contributed by atoms with E-state index in [1.807, 2.05) is 30.3 Å². The second kappa shape index (κ2) is 9.26. The summed E-state index contributed by atoms with van der Waals surface area (Å²) < 4.78 is 22.1. The van der Waals surface area contributed by atoms with Crippen LogP contribution < -0.4 is 15.7 Å². The van der Waals surface area contributed by atoms with E-state index in [9.17, 15) is 14.0 Å². The maximum atomic E-state index is 13.6. The van der Waals surface area contributed by atoms with E-state index in [-0.39, 0.29) is 18.1 Å². The molecular weight excluding hydrogens is 461 g/mol. The molecule has 0 aliphatic carbocycles. The summed E-state index contributed by atoms with van der Waals surface area (Å²) >= 11 is 0. The highest BCUT2D eigenvalue weighted by Gasteiger charge is 2.19. The van der Waals surface area contributed by atoms with Crippen LogP contribution >= 0.6 is 0 Å². The molecule has 3 aromatic carbocycles. The van der Waals surface area contributed by atoms with Gasteiger partial charge in [-0.25, -0.2) is 23.3 Å². The van der Waals surface area contributed by atoms with Gasteiger partial charge in [-0.2, -0.15) is 0 Å². The van der Waals surface area contributed by atoms with Crippen molar-refractivity contribution >= 4 is 28.3 Å². The fraction of sp³-hybridized carbons (Fsp3) is 0.185. The van der Waals surface area contributed by atoms with Gasteiger partial charge in [0.1, 0.15) is 18.1 Å². The molecular formula is C27H24FN5O3. The molecule has 9 heteroatoms. The second-order valence-electron chi connectivity index (χ2n) is 8.84. The van der Waals surface area contributed by atoms with Crippen molar-refractivity contribution in [2.24, 2.45) is 0 Å². The lowest BCUT2D eigenvalue weighted by Crippen LogP contribution is -2.28. The Morgan fingerprint density at radius 3 is 2.58 bits per heavy atom. The van der Waals surface area contributed by atoms with Gasteiger partial charge in [0.15, 0.2) is 0 Å². The van der Waals surface area contributed by atoms with Crippen molar-refractivity contribution in [3.8, 4) is 11.6 Å². The number of halogens is 1. The van der Waals surface area contributed by atoms with Gasteiger partial charge in [-0.3, -0.25) is 4.79 Å². The van der Waals surface area contributed by atoms with Crippen LogP contribution in [0.15, 0.2) is 71.5 Å². The molecule has 0 fully saturated rings. The number of carbonyl (C=O) groups excluding carboxylic acids is 1. The quantitative estimate of drug-likeness (QED) is 0.364. The van der Waals surface area contributed by atoms with E-state index in [2.05, 4.69) is 29.2 Å². The molecule has 1 N–H and O–H groups in total. The molecule has 0 aliphatic rings. The molecule has 0 aliphatic heterocycles. The molecule has 8 nitrogen and oxygen atoms in total. The maximum Gasteiger partial charge on any atom is 0.351 e. The summed E-state index contributed by atoms with van der Waals surface area (Å²) in [6.07, 6.45) is 0. The Balaban J connectivity index is 1.53. The normalized spacial score (nSPS) is 11.4. The Labute approximate surface area is 206 Å². The zero-order valence-electron chi connectivity index (χ0n) is 20.0. The SMILES string of the molecule is Cc1ccc(F)cc1NC(=O)Cn1nc2c(Oc3ccc(C(C)C)cc3)nc3ccccc3n2c1=O. The summed E-state index contributed by atoms with van der Waals surface area (Å²) in [7, 11) is 0. The predicted octanol–water partition coefficient (Wildman–Crippen LogP) is 5.05. The lowest BCUT2D eigenvalue weighted by molar-refractivity contribution is -0.117. The van der Waals surface area contributed by atoms with Crippen molar-refractivity contribution in [3.05, 3.63) is 94.2 Å². The van der Waals surface area contributed by atoms with Gasteiger partial charge in [0, 0.05) is 5.69 Å². The first kappa shape index (κ1) is 23.2. The van der Waals surface area contributed by atoms with E-state index in [0.717, 1.165) is 4.68 Å². The van der Waals surface area contributed by atoms with Gasteiger partial charge in [0.25, 0.3) is 5.88 Å². The smallest absolute Gasteiger partial charge is 0.351 e. The van der Waals surface area contributed by atoms with Gasteiger partial charge < -0.3 is 10.1 Å². The topological polar surface area (TPSA) is 90.5 Å². The van der Waals surface area contributed by atoms with Gasteiger partial charge in [-0.1, -0.05) is 44.2 Å². The van der Waals surface area contributed by atoms with Gasteiger partial charge in [0.2, 0.25) is 11.6 Å². The summed E-state index contributed by atoms with van der Waals surface area (Å²) in [6, 6.07) is 18.9. The van der Waals surface area contributed by atoms with Crippen molar-refractivity contribution in [1.82, 2.24) is 19.2 Å². The number of benzene rings is 3. The molecule has 1 amide bonds. The maximum absolute atomic E-state index is 13.6. The monoisotopic (exact) mass is 485 g/mol. The van der Waals surface area contributed by atoms with Gasteiger partial charge in [-0.05, 0) is 60.4 Å². The molecule has 2 heterocycles. The number of aryl methyl sites for hydroxylation is 1. The molecule has 0 saturated carbocycles. The van der Waals surface area contributed by atoms with Crippen LogP contribution in [0.1, 0.15) is 30.9 Å². The molecule has 5 aromatic rings. The number of nitrogens with one attached hydrogen (secondary N) is 1. The third-order valence-corrected chi connectivity index (χ3v) is 5.90. The molecule has 2 aromatic heterocycles. The number of carbonyl (C=O) groups is 1. The largest absolute Gasteiger partial charge is 0.436 e. The fourth-order valence-corrected chi connectivity index (χ4v) is 3.93. The van der Waals surface area contributed by atoms with Crippen LogP contribution in [0.3, 0.4) is 0 Å². The molecule has 0 atom stereocenters. The minimum atomic E-state index is -0.519. The number of fused-ring (bicyclic) bond motifs is 3. The van der Waals surface area contributed by atoms with E-state index in [1.54, 1.807) is 31.2 Å². The van der Waals surface area contributed by atoms with Crippen LogP contribution in [0.2, 0.25) is 0 Å². The molecule has 0 saturated heterocycles. The predicted molar refractivity (Wildman–Crippen MR) is 135 cm³/mol. The third-order valence-electron chi connectivity index (χ3n) is 5.90. The van der Waals surface area contributed by atoms with E-state index >= 15 is 0 Å². The number of aromatic nitrogens is 4.